The van der Waals surface area contributed by atoms with Crippen LogP contribution in [-0.4, -0.2) is 50.6 Å². The van der Waals surface area contributed by atoms with Gasteiger partial charge < -0.3 is 24.6 Å². The molecular weight excluding hydrogens is 399 g/mol. The standard InChI is InChI=1S/C14H24N4O3.HI/c1-15-14(17-10-12-5-9-21-18-12)16-6-3-7-19-11-13-4-2-8-20-13;/h5,9,13H,2-4,6-8,10-11H2,1H3,(H2,15,16,17);1H. The zero-order valence-corrected chi connectivity index (χ0v) is 15.2. The lowest BCUT2D eigenvalue weighted by Gasteiger charge is -2.12. The number of guanidine groups is 1. The Labute approximate surface area is 148 Å². The van der Waals surface area contributed by atoms with Gasteiger partial charge in [-0.15, -0.1) is 24.0 Å². The summed E-state index contributed by atoms with van der Waals surface area (Å²) in [6.45, 7) is 3.71. The molecule has 2 heterocycles. The van der Waals surface area contributed by atoms with Crippen molar-refractivity contribution < 1.29 is 14.0 Å². The summed E-state index contributed by atoms with van der Waals surface area (Å²) < 4.78 is 15.9. The smallest absolute Gasteiger partial charge is 0.191 e. The second-order valence-electron chi connectivity index (χ2n) is 4.91. The lowest BCUT2D eigenvalue weighted by Crippen LogP contribution is -2.37. The second-order valence-corrected chi connectivity index (χ2v) is 4.91. The minimum Gasteiger partial charge on any atom is -0.379 e. The van der Waals surface area contributed by atoms with Gasteiger partial charge in [0.2, 0.25) is 0 Å². The number of ether oxygens (including phenoxy) is 2. The van der Waals surface area contributed by atoms with Crippen LogP contribution in [0, 0.1) is 0 Å². The van der Waals surface area contributed by atoms with Crippen LogP contribution >= 0.6 is 24.0 Å². The number of aromatic nitrogens is 1. The molecule has 22 heavy (non-hydrogen) atoms. The van der Waals surface area contributed by atoms with E-state index in [0.717, 1.165) is 50.7 Å². The highest BCUT2D eigenvalue weighted by atomic mass is 127. The molecule has 1 aromatic heterocycles. The summed E-state index contributed by atoms with van der Waals surface area (Å²) in [5.41, 5.74) is 0.845. The molecule has 0 aliphatic carbocycles. The number of aliphatic imine (C=N–C) groups is 1. The van der Waals surface area contributed by atoms with Crippen molar-refractivity contribution >= 4 is 29.9 Å². The molecule has 1 aliphatic rings. The predicted octanol–water partition coefficient (Wildman–Crippen LogP) is 1.54. The molecule has 7 nitrogen and oxygen atoms in total. The summed E-state index contributed by atoms with van der Waals surface area (Å²) in [4.78, 5) is 4.14. The normalized spacial score (nSPS) is 18.0. The van der Waals surface area contributed by atoms with E-state index >= 15 is 0 Å². The van der Waals surface area contributed by atoms with Crippen molar-refractivity contribution in [2.75, 3.05) is 33.4 Å². The second kappa shape index (κ2) is 11.7. The molecule has 0 aromatic carbocycles. The largest absolute Gasteiger partial charge is 0.379 e. The number of nitrogens with one attached hydrogen (secondary N) is 2. The third-order valence-electron chi connectivity index (χ3n) is 3.24. The SMILES string of the molecule is CN=C(NCCCOCC1CCCO1)NCc1ccon1.I. The Hall–Kier alpha value is -0.870. The van der Waals surface area contributed by atoms with Crippen LogP contribution in [0.4, 0.5) is 0 Å². The molecule has 1 atom stereocenters. The van der Waals surface area contributed by atoms with E-state index in [1.807, 2.05) is 6.07 Å². The molecule has 1 saturated heterocycles. The maximum atomic E-state index is 5.60. The van der Waals surface area contributed by atoms with Crippen LogP contribution in [0.1, 0.15) is 25.0 Å². The first-order chi connectivity index (χ1) is 10.4. The Morgan fingerprint density at radius 1 is 1.50 bits per heavy atom. The van der Waals surface area contributed by atoms with Crippen molar-refractivity contribution in [3.63, 3.8) is 0 Å². The van der Waals surface area contributed by atoms with E-state index in [2.05, 4.69) is 20.8 Å². The Bertz CT molecular complexity index is 408. The Kier molecular flexibility index (Phi) is 10.2. The van der Waals surface area contributed by atoms with Gasteiger partial charge in [-0.1, -0.05) is 5.16 Å². The fourth-order valence-electron chi connectivity index (χ4n) is 2.10. The maximum Gasteiger partial charge on any atom is 0.191 e. The molecule has 2 N–H and O–H groups in total. The third kappa shape index (κ3) is 7.41. The summed E-state index contributed by atoms with van der Waals surface area (Å²) in [6, 6.07) is 1.82. The molecule has 0 amide bonds. The maximum absolute atomic E-state index is 5.60. The molecular formula is C14H25IN4O3. The summed E-state index contributed by atoms with van der Waals surface area (Å²) in [5.74, 6) is 0.747. The zero-order valence-electron chi connectivity index (χ0n) is 12.9. The van der Waals surface area contributed by atoms with Crippen LogP contribution < -0.4 is 10.6 Å². The van der Waals surface area contributed by atoms with Gasteiger partial charge in [-0.2, -0.15) is 0 Å². The lowest BCUT2D eigenvalue weighted by atomic mass is 10.2. The monoisotopic (exact) mass is 424 g/mol. The lowest BCUT2D eigenvalue weighted by molar-refractivity contribution is 0.0168. The van der Waals surface area contributed by atoms with Crippen molar-refractivity contribution in [3.05, 3.63) is 18.0 Å². The molecule has 1 aliphatic heterocycles. The van der Waals surface area contributed by atoms with Crippen LogP contribution in [-0.2, 0) is 16.0 Å². The van der Waals surface area contributed by atoms with E-state index < -0.39 is 0 Å². The first-order valence-corrected chi connectivity index (χ1v) is 7.41. The molecule has 1 aromatic rings. The van der Waals surface area contributed by atoms with Crippen LogP contribution in [0.2, 0.25) is 0 Å². The third-order valence-corrected chi connectivity index (χ3v) is 3.24. The summed E-state index contributed by atoms with van der Waals surface area (Å²) >= 11 is 0. The number of halogens is 1. The minimum atomic E-state index is 0. The number of rotatable bonds is 8. The molecule has 126 valence electrons. The van der Waals surface area contributed by atoms with Crippen molar-refractivity contribution in [1.29, 1.82) is 0 Å². The quantitative estimate of drug-likeness (QED) is 0.285. The van der Waals surface area contributed by atoms with Crippen LogP contribution in [0.15, 0.2) is 21.8 Å². The van der Waals surface area contributed by atoms with E-state index in [0.29, 0.717) is 19.3 Å². The Morgan fingerprint density at radius 3 is 3.09 bits per heavy atom. The molecule has 0 bridgehead atoms. The van der Waals surface area contributed by atoms with Gasteiger partial charge in [0.25, 0.3) is 0 Å². The predicted molar refractivity (Wildman–Crippen MR) is 94.5 cm³/mol. The highest BCUT2D eigenvalue weighted by molar-refractivity contribution is 14.0. The fourth-order valence-corrected chi connectivity index (χ4v) is 2.10. The van der Waals surface area contributed by atoms with Crippen molar-refractivity contribution in [1.82, 2.24) is 15.8 Å². The molecule has 1 unspecified atom stereocenters. The Morgan fingerprint density at radius 2 is 2.41 bits per heavy atom. The van der Waals surface area contributed by atoms with Crippen molar-refractivity contribution in [2.45, 2.75) is 31.9 Å². The molecule has 8 heteroatoms. The van der Waals surface area contributed by atoms with E-state index in [9.17, 15) is 0 Å². The average Bonchev–Trinajstić information content (AvgIpc) is 3.19. The number of nitrogens with zero attached hydrogens (tertiary/aromatic N) is 2. The zero-order chi connectivity index (χ0) is 14.8. The van der Waals surface area contributed by atoms with Gasteiger partial charge in [-0.25, -0.2) is 0 Å². The molecule has 0 spiro atoms. The molecule has 1 fully saturated rings. The summed E-state index contributed by atoms with van der Waals surface area (Å²) in [5, 5.41) is 10.2. The van der Waals surface area contributed by atoms with Crippen LogP contribution in [0.5, 0.6) is 0 Å². The van der Waals surface area contributed by atoms with Gasteiger partial charge >= 0.3 is 0 Å². The Balaban J connectivity index is 0.00000242. The van der Waals surface area contributed by atoms with Gasteiger partial charge in [0.05, 0.1) is 19.3 Å². The van der Waals surface area contributed by atoms with Gasteiger partial charge in [0.1, 0.15) is 12.0 Å². The highest BCUT2D eigenvalue weighted by Gasteiger charge is 2.14. The van der Waals surface area contributed by atoms with Crippen LogP contribution in [0.25, 0.3) is 0 Å². The molecule has 2 rings (SSSR count). The van der Waals surface area contributed by atoms with E-state index in [1.165, 1.54) is 0 Å². The highest BCUT2D eigenvalue weighted by Crippen LogP contribution is 2.11. The minimum absolute atomic E-state index is 0. The molecule has 0 radical (unpaired) electrons. The van der Waals surface area contributed by atoms with Crippen LogP contribution in [0.3, 0.4) is 0 Å². The summed E-state index contributed by atoms with van der Waals surface area (Å²) in [7, 11) is 1.74. The van der Waals surface area contributed by atoms with Gasteiger partial charge in [0.15, 0.2) is 5.96 Å². The topological polar surface area (TPSA) is 80.9 Å². The number of hydrogen-bond acceptors (Lipinski definition) is 5. The average molecular weight is 424 g/mol. The number of hydrogen-bond donors (Lipinski definition) is 2. The van der Waals surface area contributed by atoms with E-state index in [4.69, 9.17) is 14.0 Å². The van der Waals surface area contributed by atoms with E-state index in [-0.39, 0.29) is 24.0 Å². The van der Waals surface area contributed by atoms with Gasteiger partial charge in [0, 0.05) is 32.9 Å². The van der Waals surface area contributed by atoms with Crippen molar-refractivity contribution in [3.8, 4) is 0 Å². The first kappa shape index (κ1) is 19.2. The van der Waals surface area contributed by atoms with Gasteiger partial charge in [-0.3, -0.25) is 4.99 Å². The summed E-state index contributed by atoms with van der Waals surface area (Å²) in [6.07, 6.45) is 5.06. The molecule has 0 saturated carbocycles. The fraction of sp³-hybridized carbons (Fsp3) is 0.714. The first-order valence-electron chi connectivity index (χ1n) is 7.41. The van der Waals surface area contributed by atoms with Crippen molar-refractivity contribution in [2.24, 2.45) is 4.99 Å². The van der Waals surface area contributed by atoms with Gasteiger partial charge in [-0.05, 0) is 19.3 Å². The van der Waals surface area contributed by atoms with E-state index in [1.54, 1.807) is 13.3 Å².